The van der Waals surface area contributed by atoms with Gasteiger partial charge in [0.2, 0.25) is 0 Å². The first kappa shape index (κ1) is 26.4. The first-order valence-electron chi connectivity index (χ1n) is 11.6. The summed E-state index contributed by atoms with van der Waals surface area (Å²) in [5.74, 6) is -1.11. The largest absolute Gasteiger partial charge is 0.465 e. The lowest BCUT2D eigenvalue weighted by atomic mass is 10.2. The second-order valence-electron chi connectivity index (χ2n) is 8.41. The summed E-state index contributed by atoms with van der Waals surface area (Å²) in [5, 5.41) is 0.710. The van der Waals surface area contributed by atoms with Gasteiger partial charge >= 0.3 is 5.97 Å². The molecule has 12 heteroatoms. The van der Waals surface area contributed by atoms with Crippen LogP contribution in [0.25, 0.3) is 10.2 Å². The fourth-order valence-electron chi connectivity index (χ4n) is 4.30. The van der Waals surface area contributed by atoms with Crippen LogP contribution < -0.4 is 9.11 Å². The number of sulfonamides is 1. The Kier molecular flexibility index (Phi) is 7.32. The van der Waals surface area contributed by atoms with Gasteiger partial charge in [-0.2, -0.15) is 4.99 Å². The molecule has 0 saturated heterocycles. The van der Waals surface area contributed by atoms with Crippen molar-refractivity contribution in [2.45, 2.75) is 24.8 Å². The van der Waals surface area contributed by atoms with Crippen molar-refractivity contribution in [2.75, 3.05) is 17.5 Å². The standard InChI is InChI=1S/C26H21Cl2N3O5S2/c1-2-36-23(32)15-30-24-20(28)13-18(27)14-22(24)37-26(30)29-25(33)17-7-9-19(10-8-17)38(34,35)31-12-11-16-5-3-4-6-21(16)31/h3-10,13-14H,2,11-12,15H2,1H3. The number of para-hydroxylation sites is 1. The van der Waals surface area contributed by atoms with Crippen LogP contribution in [0.5, 0.6) is 0 Å². The van der Waals surface area contributed by atoms with Gasteiger partial charge in [-0.3, -0.25) is 13.9 Å². The Morgan fingerprint density at radius 2 is 1.82 bits per heavy atom. The molecule has 1 aliphatic rings. The molecule has 3 aromatic carbocycles. The normalized spacial score (nSPS) is 13.7. The monoisotopic (exact) mass is 589 g/mol. The molecule has 1 aliphatic heterocycles. The van der Waals surface area contributed by atoms with Crippen LogP contribution in [0.3, 0.4) is 0 Å². The summed E-state index contributed by atoms with van der Waals surface area (Å²) < 4.78 is 35.2. The quantitative estimate of drug-likeness (QED) is 0.293. The molecule has 8 nitrogen and oxygen atoms in total. The Hall–Kier alpha value is -3.18. The molecule has 0 radical (unpaired) electrons. The van der Waals surface area contributed by atoms with Crippen molar-refractivity contribution in [2.24, 2.45) is 4.99 Å². The van der Waals surface area contributed by atoms with E-state index in [9.17, 15) is 18.0 Å². The fourth-order valence-corrected chi connectivity index (χ4v) is 7.62. The van der Waals surface area contributed by atoms with Gasteiger partial charge in [-0.15, -0.1) is 0 Å². The maximum absolute atomic E-state index is 13.3. The van der Waals surface area contributed by atoms with Crippen LogP contribution in [0.15, 0.2) is 70.6 Å². The van der Waals surface area contributed by atoms with Crippen molar-refractivity contribution in [3.8, 4) is 0 Å². The maximum Gasteiger partial charge on any atom is 0.326 e. The lowest BCUT2D eigenvalue weighted by Crippen LogP contribution is -2.29. The number of benzene rings is 3. The minimum atomic E-state index is -3.79. The first-order chi connectivity index (χ1) is 18.2. The molecule has 0 aliphatic carbocycles. The highest BCUT2D eigenvalue weighted by Crippen LogP contribution is 2.33. The Morgan fingerprint density at radius 1 is 1.08 bits per heavy atom. The number of amides is 1. The van der Waals surface area contributed by atoms with Crippen LogP contribution in [-0.4, -0.2) is 38.0 Å². The third-order valence-electron chi connectivity index (χ3n) is 6.02. The van der Waals surface area contributed by atoms with Crippen LogP contribution in [0.1, 0.15) is 22.8 Å². The second kappa shape index (κ2) is 10.5. The number of anilines is 1. The number of nitrogens with zero attached hydrogens (tertiary/aromatic N) is 3. The number of halogens is 2. The average molecular weight is 591 g/mol. The molecule has 5 rings (SSSR count). The van der Waals surface area contributed by atoms with Gasteiger partial charge in [0.05, 0.1) is 32.4 Å². The summed E-state index contributed by atoms with van der Waals surface area (Å²) in [4.78, 5) is 29.9. The molecule has 0 fully saturated rings. The molecule has 2 heterocycles. The van der Waals surface area contributed by atoms with Gasteiger partial charge < -0.3 is 9.30 Å². The molecule has 38 heavy (non-hydrogen) atoms. The number of rotatable bonds is 6. The van der Waals surface area contributed by atoms with E-state index >= 15 is 0 Å². The molecular formula is C26H21Cl2N3O5S2. The van der Waals surface area contributed by atoms with Crippen molar-refractivity contribution in [1.82, 2.24) is 4.57 Å². The molecule has 0 spiro atoms. The number of carbonyl (C=O) groups is 2. The number of ether oxygens (including phenoxy) is 1. The molecule has 1 amide bonds. The predicted molar refractivity (Wildman–Crippen MR) is 147 cm³/mol. The molecule has 0 unspecified atom stereocenters. The molecule has 0 bridgehead atoms. The van der Waals surface area contributed by atoms with Gasteiger partial charge in [0.25, 0.3) is 15.9 Å². The highest BCUT2D eigenvalue weighted by Gasteiger charge is 2.30. The van der Waals surface area contributed by atoms with E-state index in [4.69, 9.17) is 27.9 Å². The number of esters is 1. The molecular weight excluding hydrogens is 569 g/mol. The fraction of sp³-hybridized carbons (Fsp3) is 0.192. The molecule has 4 aromatic rings. The highest BCUT2D eigenvalue weighted by atomic mass is 35.5. The topological polar surface area (TPSA) is 98.0 Å². The summed E-state index contributed by atoms with van der Waals surface area (Å²) in [6.45, 7) is 2.05. The molecule has 0 saturated carbocycles. The zero-order valence-corrected chi connectivity index (χ0v) is 23.2. The third-order valence-corrected chi connectivity index (χ3v) is 9.38. The first-order valence-corrected chi connectivity index (χ1v) is 14.6. The van der Waals surface area contributed by atoms with Gasteiger partial charge in [-0.1, -0.05) is 52.7 Å². The Labute approximate surface area is 232 Å². The zero-order chi connectivity index (χ0) is 27.0. The zero-order valence-electron chi connectivity index (χ0n) is 20.1. The average Bonchev–Trinajstić information content (AvgIpc) is 3.46. The van der Waals surface area contributed by atoms with E-state index < -0.39 is 21.9 Å². The van der Waals surface area contributed by atoms with E-state index in [0.29, 0.717) is 38.9 Å². The summed E-state index contributed by atoms with van der Waals surface area (Å²) in [6, 6.07) is 16.2. The predicted octanol–water partition coefficient (Wildman–Crippen LogP) is 5.07. The number of fused-ring (bicyclic) bond motifs is 2. The molecule has 196 valence electrons. The Morgan fingerprint density at radius 3 is 2.55 bits per heavy atom. The van der Waals surface area contributed by atoms with Gasteiger partial charge in [0.15, 0.2) is 4.80 Å². The highest BCUT2D eigenvalue weighted by molar-refractivity contribution is 7.92. The van der Waals surface area contributed by atoms with E-state index in [1.807, 2.05) is 12.1 Å². The summed E-state index contributed by atoms with van der Waals surface area (Å²) >= 11 is 13.7. The summed E-state index contributed by atoms with van der Waals surface area (Å²) in [5.41, 5.74) is 2.34. The number of hydrogen-bond acceptors (Lipinski definition) is 6. The number of carbonyl (C=O) groups excluding carboxylic acids is 2. The lowest BCUT2D eigenvalue weighted by Gasteiger charge is -2.19. The van der Waals surface area contributed by atoms with Crippen molar-refractivity contribution >= 4 is 72.3 Å². The van der Waals surface area contributed by atoms with E-state index in [0.717, 1.165) is 16.9 Å². The third kappa shape index (κ3) is 4.96. The minimum absolute atomic E-state index is 0.0754. The SMILES string of the molecule is CCOC(=O)Cn1c(=NC(=O)c2ccc(S(=O)(=O)N3CCc4ccccc43)cc2)sc2cc(Cl)cc(Cl)c21. The van der Waals surface area contributed by atoms with Gasteiger partial charge in [-0.05, 0) is 61.4 Å². The Bertz CT molecular complexity index is 1750. The van der Waals surface area contributed by atoms with Gasteiger partial charge in [0.1, 0.15) is 6.54 Å². The maximum atomic E-state index is 13.3. The smallest absolute Gasteiger partial charge is 0.326 e. The number of thiazole rings is 1. The summed E-state index contributed by atoms with van der Waals surface area (Å²) in [7, 11) is -3.79. The van der Waals surface area contributed by atoms with Crippen LogP contribution >= 0.6 is 34.5 Å². The van der Waals surface area contributed by atoms with Crippen LogP contribution in [-0.2, 0) is 32.5 Å². The molecule has 1 aromatic heterocycles. The second-order valence-corrected chi connectivity index (χ2v) is 12.1. The van der Waals surface area contributed by atoms with Crippen LogP contribution in [0, 0.1) is 0 Å². The summed E-state index contributed by atoms with van der Waals surface area (Å²) in [6.07, 6.45) is 0.640. The van der Waals surface area contributed by atoms with E-state index in [1.165, 1.54) is 33.1 Å². The van der Waals surface area contributed by atoms with E-state index in [-0.39, 0.29) is 28.4 Å². The molecule has 0 N–H and O–H groups in total. The molecule has 0 atom stereocenters. The number of hydrogen-bond donors (Lipinski definition) is 0. The minimum Gasteiger partial charge on any atom is -0.465 e. The van der Waals surface area contributed by atoms with Crippen molar-refractivity contribution in [3.63, 3.8) is 0 Å². The van der Waals surface area contributed by atoms with Gasteiger partial charge in [-0.25, -0.2) is 8.42 Å². The van der Waals surface area contributed by atoms with Crippen LogP contribution in [0.2, 0.25) is 10.0 Å². The van der Waals surface area contributed by atoms with E-state index in [2.05, 4.69) is 4.99 Å². The van der Waals surface area contributed by atoms with Crippen LogP contribution in [0.4, 0.5) is 5.69 Å². The Balaban J connectivity index is 1.48. The van der Waals surface area contributed by atoms with Crippen molar-refractivity contribution < 1.29 is 22.7 Å². The lowest BCUT2D eigenvalue weighted by molar-refractivity contribution is -0.143. The van der Waals surface area contributed by atoms with Crippen molar-refractivity contribution in [1.29, 1.82) is 0 Å². The number of aromatic nitrogens is 1. The van der Waals surface area contributed by atoms with E-state index in [1.54, 1.807) is 31.2 Å². The van der Waals surface area contributed by atoms with Gasteiger partial charge in [0, 0.05) is 17.1 Å². The van der Waals surface area contributed by atoms with Crippen molar-refractivity contribution in [3.05, 3.63) is 86.6 Å².